The predicted octanol–water partition coefficient (Wildman–Crippen LogP) is 5.57. The van der Waals surface area contributed by atoms with Crippen molar-refractivity contribution in [1.82, 2.24) is 4.98 Å². The molecule has 0 fully saturated rings. The number of nitrogens with zero attached hydrogens (tertiary/aromatic N) is 1. The number of rotatable bonds is 2. The van der Waals surface area contributed by atoms with Crippen LogP contribution in [0.5, 0.6) is 0 Å². The topological polar surface area (TPSA) is 12.9 Å². The lowest BCUT2D eigenvalue weighted by Gasteiger charge is -2.06. The lowest BCUT2D eigenvalue weighted by molar-refractivity contribution is 1.41. The molecule has 4 rings (SSSR count). The van der Waals surface area contributed by atoms with Gasteiger partial charge in [0.05, 0.1) is 5.52 Å². The van der Waals surface area contributed by atoms with Gasteiger partial charge >= 0.3 is 0 Å². The highest BCUT2D eigenvalue weighted by Gasteiger charge is 2.02. The number of fused-ring (bicyclic) bond motifs is 1. The molecule has 0 bridgehead atoms. The minimum absolute atomic E-state index is 1.03. The fourth-order valence-electron chi connectivity index (χ4n) is 2.73. The van der Waals surface area contributed by atoms with Crippen LogP contribution in [0.4, 0.5) is 0 Å². The van der Waals surface area contributed by atoms with Crippen molar-refractivity contribution < 1.29 is 0 Å². The van der Waals surface area contributed by atoms with Gasteiger partial charge in [-0.3, -0.25) is 4.98 Å². The summed E-state index contributed by atoms with van der Waals surface area (Å²) in [7, 11) is 0. The first-order valence-corrected chi connectivity index (χ1v) is 7.41. The number of benzene rings is 3. The van der Waals surface area contributed by atoms with Gasteiger partial charge in [0.2, 0.25) is 0 Å². The zero-order chi connectivity index (χ0) is 14.8. The van der Waals surface area contributed by atoms with Crippen molar-refractivity contribution in [3.63, 3.8) is 0 Å². The molecule has 0 aliphatic heterocycles. The summed E-state index contributed by atoms with van der Waals surface area (Å²) in [6.07, 6.45) is 1.84. The van der Waals surface area contributed by atoms with E-state index in [1.165, 1.54) is 27.6 Å². The first kappa shape index (κ1) is 12.8. The molecule has 1 nitrogen and oxygen atoms in total. The molecular weight excluding hydrogens is 266 g/mol. The SMILES string of the molecule is c1ccc(-c2ccc(-c3ccc4cccnc4c3)cc2)cc1. The maximum atomic E-state index is 4.43. The highest BCUT2D eigenvalue weighted by Crippen LogP contribution is 2.26. The van der Waals surface area contributed by atoms with Crippen LogP contribution in [0.3, 0.4) is 0 Å². The summed E-state index contributed by atoms with van der Waals surface area (Å²) in [5.74, 6) is 0. The number of aromatic nitrogens is 1. The zero-order valence-corrected chi connectivity index (χ0v) is 12.1. The molecule has 0 saturated heterocycles. The minimum Gasteiger partial charge on any atom is -0.256 e. The second-order valence-electron chi connectivity index (χ2n) is 5.35. The lowest BCUT2D eigenvalue weighted by Crippen LogP contribution is -1.82. The predicted molar refractivity (Wildman–Crippen MR) is 92.6 cm³/mol. The van der Waals surface area contributed by atoms with Crippen molar-refractivity contribution in [3.8, 4) is 22.3 Å². The van der Waals surface area contributed by atoms with Gasteiger partial charge in [0.15, 0.2) is 0 Å². The molecule has 22 heavy (non-hydrogen) atoms. The molecule has 0 unspecified atom stereocenters. The first-order valence-electron chi connectivity index (χ1n) is 7.41. The van der Waals surface area contributed by atoms with E-state index in [0.29, 0.717) is 0 Å². The molecule has 1 heteroatoms. The van der Waals surface area contributed by atoms with Crippen LogP contribution in [0, 0.1) is 0 Å². The summed E-state index contributed by atoms with van der Waals surface area (Å²) in [4.78, 5) is 4.43. The summed E-state index contributed by atoms with van der Waals surface area (Å²) >= 11 is 0. The van der Waals surface area contributed by atoms with Crippen LogP contribution in [0.25, 0.3) is 33.2 Å². The normalized spacial score (nSPS) is 10.7. The second-order valence-corrected chi connectivity index (χ2v) is 5.35. The fraction of sp³-hybridized carbons (Fsp3) is 0. The van der Waals surface area contributed by atoms with Gasteiger partial charge in [0.1, 0.15) is 0 Å². The molecule has 0 N–H and O–H groups in total. The van der Waals surface area contributed by atoms with Crippen LogP contribution in [-0.4, -0.2) is 4.98 Å². The smallest absolute Gasteiger partial charge is 0.0708 e. The summed E-state index contributed by atoms with van der Waals surface area (Å²) < 4.78 is 0. The Bertz CT molecular complexity index is 909. The van der Waals surface area contributed by atoms with E-state index in [2.05, 4.69) is 77.8 Å². The van der Waals surface area contributed by atoms with Crippen LogP contribution < -0.4 is 0 Å². The van der Waals surface area contributed by atoms with Crippen LogP contribution in [-0.2, 0) is 0 Å². The quantitative estimate of drug-likeness (QED) is 0.468. The van der Waals surface area contributed by atoms with Crippen molar-refractivity contribution in [2.45, 2.75) is 0 Å². The molecule has 0 spiro atoms. The third-order valence-corrected chi connectivity index (χ3v) is 3.93. The zero-order valence-electron chi connectivity index (χ0n) is 12.1. The minimum atomic E-state index is 1.03. The summed E-state index contributed by atoms with van der Waals surface area (Å²) in [6, 6.07) is 29.6. The monoisotopic (exact) mass is 281 g/mol. The summed E-state index contributed by atoms with van der Waals surface area (Å²) in [6.45, 7) is 0. The molecule has 1 aromatic heterocycles. The van der Waals surface area contributed by atoms with Crippen LogP contribution in [0.15, 0.2) is 91.1 Å². The molecule has 0 atom stereocenters. The van der Waals surface area contributed by atoms with E-state index in [1.54, 1.807) is 0 Å². The lowest BCUT2D eigenvalue weighted by atomic mass is 9.99. The van der Waals surface area contributed by atoms with E-state index in [1.807, 2.05) is 18.3 Å². The van der Waals surface area contributed by atoms with Crippen molar-refractivity contribution in [1.29, 1.82) is 0 Å². The Hall–Kier alpha value is -2.93. The van der Waals surface area contributed by atoms with Gasteiger partial charge in [0.25, 0.3) is 0 Å². The van der Waals surface area contributed by atoms with Crippen molar-refractivity contribution in [2.75, 3.05) is 0 Å². The Morgan fingerprint density at radius 2 is 1.14 bits per heavy atom. The van der Waals surface area contributed by atoms with Crippen LogP contribution in [0.2, 0.25) is 0 Å². The summed E-state index contributed by atoms with van der Waals surface area (Å²) in [5.41, 5.74) is 5.93. The Labute approximate surface area is 129 Å². The highest BCUT2D eigenvalue weighted by atomic mass is 14.6. The molecule has 1 heterocycles. The van der Waals surface area contributed by atoms with Gasteiger partial charge in [-0.05, 0) is 34.4 Å². The number of hydrogen-bond acceptors (Lipinski definition) is 1. The van der Waals surface area contributed by atoms with Gasteiger partial charge in [0, 0.05) is 11.6 Å². The second kappa shape index (κ2) is 5.45. The average Bonchev–Trinajstić information content (AvgIpc) is 2.62. The summed E-state index contributed by atoms with van der Waals surface area (Å²) in [5, 5.41) is 1.17. The van der Waals surface area contributed by atoms with Crippen molar-refractivity contribution in [3.05, 3.63) is 91.1 Å². The maximum absolute atomic E-state index is 4.43. The van der Waals surface area contributed by atoms with Crippen molar-refractivity contribution >= 4 is 10.9 Å². The number of hydrogen-bond donors (Lipinski definition) is 0. The molecule has 0 amide bonds. The van der Waals surface area contributed by atoms with Gasteiger partial charge in [-0.2, -0.15) is 0 Å². The van der Waals surface area contributed by atoms with Crippen LogP contribution >= 0.6 is 0 Å². The molecule has 3 aromatic carbocycles. The molecule has 104 valence electrons. The largest absolute Gasteiger partial charge is 0.256 e. The van der Waals surface area contributed by atoms with E-state index < -0.39 is 0 Å². The van der Waals surface area contributed by atoms with E-state index in [0.717, 1.165) is 5.52 Å². The standard InChI is InChI=1S/C21H15N/c1-2-5-16(6-3-1)17-8-10-18(11-9-17)20-13-12-19-7-4-14-22-21(19)15-20/h1-15H. The molecule has 0 aliphatic rings. The molecular formula is C21H15N. The van der Waals surface area contributed by atoms with Gasteiger partial charge in [-0.25, -0.2) is 0 Å². The Balaban J connectivity index is 1.73. The maximum Gasteiger partial charge on any atom is 0.0708 e. The average molecular weight is 281 g/mol. The van der Waals surface area contributed by atoms with Crippen molar-refractivity contribution in [2.24, 2.45) is 0 Å². The van der Waals surface area contributed by atoms with Gasteiger partial charge in [-0.1, -0.05) is 72.8 Å². The first-order chi connectivity index (χ1) is 10.9. The highest BCUT2D eigenvalue weighted by molar-refractivity contribution is 5.84. The van der Waals surface area contributed by atoms with Gasteiger partial charge in [-0.15, -0.1) is 0 Å². The molecule has 0 radical (unpaired) electrons. The number of pyridine rings is 1. The van der Waals surface area contributed by atoms with Crippen LogP contribution in [0.1, 0.15) is 0 Å². The van der Waals surface area contributed by atoms with Gasteiger partial charge < -0.3 is 0 Å². The molecule has 4 aromatic rings. The molecule has 0 saturated carbocycles. The van der Waals surface area contributed by atoms with E-state index in [4.69, 9.17) is 0 Å². The third-order valence-electron chi connectivity index (χ3n) is 3.93. The fourth-order valence-corrected chi connectivity index (χ4v) is 2.73. The van der Waals surface area contributed by atoms with E-state index >= 15 is 0 Å². The van der Waals surface area contributed by atoms with E-state index in [9.17, 15) is 0 Å². The third kappa shape index (κ3) is 2.38. The Morgan fingerprint density at radius 3 is 1.91 bits per heavy atom. The molecule has 0 aliphatic carbocycles. The van der Waals surface area contributed by atoms with E-state index in [-0.39, 0.29) is 0 Å². The Kier molecular flexibility index (Phi) is 3.17. The Morgan fingerprint density at radius 1 is 0.500 bits per heavy atom.